The molecule has 0 heterocycles. The average Bonchev–Trinajstić information content (AvgIpc) is 2.33. The highest BCUT2D eigenvalue weighted by Crippen LogP contribution is 2.26. The number of phenols is 1. The molecule has 0 spiro atoms. The van der Waals surface area contributed by atoms with Crippen molar-refractivity contribution in [2.75, 3.05) is 5.73 Å². The topological polar surface area (TPSA) is 46.2 Å². The average molecular weight is 241 g/mol. The molecule has 0 atom stereocenters. The fourth-order valence-corrected chi connectivity index (χ4v) is 2.32. The number of nitrogens with two attached hydrogens (primary N) is 1. The Morgan fingerprint density at radius 1 is 0.944 bits per heavy atom. The molecule has 94 valence electrons. The highest BCUT2D eigenvalue weighted by atomic mass is 16.3. The van der Waals surface area contributed by atoms with Crippen LogP contribution in [0.25, 0.3) is 0 Å². The first-order valence-corrected chi connectivity index (χ1v) is 6.21. The van der Waals surface area contributed by atoms with Gasteiger partial charge in [0, 0.05) is 0 Å². The standard InChI is InChI=1S/C16H19NO/c1-11-5-3-6-12(2)14(11)10-9-13-7-4-8-15(17)16(13)18/h3-8,18H,9-10,17H2,1-2H3. The molecule has 0 bridgehead atoms. The van der Waals surface area contributed by atoms with Crippen LogP contribution in [0.15, 0.2) is 36.4 Å². The Morgan fingerprint density at radius 3 is 2.22 bits per heavy atom. The summed E-state index contributed by atoms with van der Waals surface area (Å²) in [5.74, 6) is 0.226. The molecule has 3 N–H and O–H groups in total. The second-order valence-electron chi connectivity index (χ2n) is 4.73. The Hall–Kier alpha value is -1.96. The second kappa shape index (κ2) is 5.13. The first kappa shape index (κ1) is 12.5. The predicted molar refractivity (Wildman–Crippen MR) is 75.8 cm³/mol. The Kier molecular flexibility index (Phi) is 3.56. The van der Waals surface area contributed by atoms with E-state index in [1.54, 1.807) is 6.07 Å². The molecule has 2 aromatic carbocycles. The molecule has 0 fully saturated rings. The van der Waals surface area contributed by atoms with Crippen molar-refractivity contribution < 1.29 is 5.11 Å². The summed E-state index contributed by atoms with van der Waals surface area (Å²) in [6.45, 7) is 4.25. The highest BCUT2D eigenvalue weighted by Gasteiger charge is 2.07. The summed E-state index contributed by atoms with van der Waals surface area (Å²) in [6.07, 6.45) is 1.73. The molecule has 0 aliphatic carbocycles. The molecule has 0 saturated carbocycles. The zero-order valence-electron chi connectivity index (χ0n) is 10.9. The third-order valence-corrected chi connectivity index (χ3v) is 3.44. The molecule has 0 amide bonds. The molecule has 0 saturated heterocycles. The van der Waals surface area contributed by atoms with Crippen LogP contribution in [0.1, 0.15) is 22.3 Å². The normalized spacial score (nSPS) is 10.6. The Bertz CT molecular complexity index is 541. The zero-order valence-corrected chi connectivity index (χ0v) is 10.9. The number of hydrogen-bond acceptors (Lipinski definition) is 2. The molecule has 0 aliphatic rings. The van der Waals surface area contributed by atoms with Gasteiger partial charge in [0.2, 0.25) is 0 Å². The van der Waals surface area contributed by atoms with Gasteiger partial charge < -0.3 is 10.8 Å². The van der Waals surface area contributed by atoms with E-state index < -0.39 is 0 Å². The van der Waals surface area contributed by atoms with E-state index in [1.165, 1.54) is 16.7 Å². The third kappa shape index (κ3) is 2.48. The minimum atomic E-state index is 0.226. The van der Waals surface area contributed by atoms with Gasteiger partial charge in [-0.05, 0) is 55.0 Å². The Labute approximate surface area is 108 Å². The van der Waals surface area contributed by atoms with Crippen LogP contribution in [0.2, 0.25) is 0 Å². The maximum atomic E-state index is 9.89. The van der Waals surface area contributed by atoms with Crippen LogP contribution in [0.3, 0.4) is 0 Å². The van der Waals surface area contributed by atoms with Gasteiger partial charge in [-0.2, -0.15) is 0 Å². The van der Waals surface area contributed by atoms with Crippen LogP contribution < -0.4 is 5.73 Å². The van der Waals surface area contributed by atoms with E-state index in [2.05, 4.69) is 32.0 Å². The molecule has 2 nitrogen and oxygen atoms in total. The van der Waals surface area contributed by atoms with Crippen molar-refractivity contribution >= 4 is 5.69 Å². The minimum Gasteiger partial charge on any atom is -0.506 e. The van der Waals surface area contributed by atoms with Crippen molar-refractivity contribution in [3.63, 3.8) is 0 Å². The van der Waals surface area contributed by atoms with Crippen molar-refractivity contribution in [2.24, 2.45) is 0 Å². The lowest BCUT2D eigenvalue weighted by Crippen LogP contribution is -1.98. The molecular formula is C16H19NO. The molecule has 2 heteroatoms. The fourth-order valence-electron chi connectivity index (χ4n) is 2.32. The first-order chi connectivity index (χ1) is 8.59. The second-order valence-corrected chi connectivity index (χ2v) is 4.73. The van der Waals surface area contributed by atoms with Gasteiger partial charge in [0.05, 0.1) is 5.69 Å². The van der Waals surface area contributed by atoms with Crippen LogP contribution >= 0.6 is 0 Å². The van der Waals surface area contributed by atoms with Gasteiger partial charge in [0.25, 0.3) is 0 Å². The summed E-state index contributed by atoms with van der Waals surface area (Å²) in [4.78, 5) is 0. The van der Waals surface area contributed by atoms with Crippen molar-refractivity contribution in [2.45, 2.75) is 26.7 Å². The van der Waals surface area contributed by atoms with E-state index in [-0.39, 0.29) is 5.75 Å². The van der Waals surface area contributed by atoms with Crippen LogP contribution in [-0.4, -0.2) is 5.11 Å². The lowest BCUT2D eigenvalue weighted by Gasteiger charge is -2.11. The Balaban J connectivity index is 2.19. The fraction of sp³-hybridized carbons (Fsp3) is 0.250. The van der Waals surface area contributed by atoms with Gasteiger partial charge in [-0.1, -0.05) is 30.3 Å². The molecule has 0 aliphatic heterocycles. The van der Waals surface area contributed by atoms with E-state index in [0.29, 0.717) is 5.69 Å². The van der Waals surface area contributed by atoms with Crippen LogP contribution in [0.5, 0.6) is 5.75 Å². The number of aromatic hydroxyl groups is 1. The van der Waals surface area contributed by atoms with Crippen LogP contribution in [0, 0.1) is 13.8 Å². The largest absolute Gasteiger partial charge is 0.506 e. The van der Waals surface area contributed by atoms with Crippen LogP contribution in [0.4, 0.5) is 5.69 Å². The van der Waals surface area contributed by atoms with Gasteiger partial charge in [-0.25, -0.2) is 0 Å². The number of phenolic OH excluding ortho intramolecular Hbond substituents is 1. The summed E-state index contributed by atoms with van der Waals surface area (Å²) < 4.78 is 0. The summed E-state index contributed by atoms with van der Waals surface area (Å²) in [5.41, 5.74) is 11.0. The molecule has 2 aromatic rings. The van der Waals surface area contributed by atoms with Gasteiger partial charge in [0.15, 0.2) is 0 Å². The predicted octanol–water partition coefficient (Wildman–Crippen LogP) is 3.38. The maximum absolute atomic E-state index is 9.89. The number of nitrogen functional groups attached to an aromatic ring is 1. The molecule has 18 heavy (non-hydrogen) atoms. The van der Waals surface area contributed by atoms with Crippen LogP contribution in [-0.2, 0) is 12.8 Å². The molecule has 2 rings (SSSR count). The summed E-state index contributed by atoms with van der Waals surface area (Å²) >= 11 is 0. The number of aryl methyl sites for hydroxylation is 3. The van der Waals surface area contributed by atoms with E-state index >= 15 is 0 Å². The van der Waals surface area contributed by atoms with Gasteiger partial charge >= 0.3 is 0 Å². The summed E-state index contributed by atoms with van der Waals surface area (Å²) in [7, 11) is 0. The molecule has 0 unspecified atom stereocenters. The lowest BCUT2D eigenvalue weighted by molar-refractivity contribution is 0.470. The van der Waals surface area contributed by atoms with Crippen molar-refractivity contribution in [1.82, 2.24) is 0 Å². The van der Waals surface area contributed by atoms with E-state index in [0.717, 1.165) is 18.4 Å². The summed E-state index contributed by atoms with van der Waals surface area (Å²) in [5, 5.41) is 9.89. The first-order valence-electron chi connectivity index (χ1n) is 6.21. The highest BCUT2D eigenvalue weighted by molar-refractivity contribution is 5.55. The smallest absolute Gasteiger partial charge is 0.141 e. The van der Waals surface area contributed by atoms with E-state index in [9.17, 15) is 5.11 Å². The minimum absolute atomic E-state index is 0.226. The van der Waals surface area contributed by atoms with Gasteiger partial charge in [-0.3, -0.25) is 0 Å². The van der Waals surface area contributed by atoms with Crippen molar-refractivity contribution in [3.8, 4) is 5.75 Å². The van der Waals surface area contributed by atoms with E-state index in [4.69, 9.17) is 5.73 Å². The number of para-hydroxylation sites is 1. The number of hydrogen-bond donors (Lipinski definition) is 2. The Morgan fingerprint density at radius 2 is 1.56 bits per heavy atom. The number of rotatable bonds is 3. The number of benzene rings is 2. The summed E-state index contributed by atoms with van der Waals surface area (Å²) in [6, 6.07) is 11.9. The zero-order chi connectivity index (χ0) is 13.1. The quantitative estimate of drug-likeness (QED) is 0.639. The third-order valence-electron chi connectivity index (χ3n) is 3.44. The van der Waals surface area contributed by atoms with Crippen molar-refractivity contribution in [3.05, 3.63) is 58.7 Å². The van der Waals surface area contributed by atoms with Crippen molar-refractivity contribution in [1.29, 1.82) is 0 Å². The lowest BCUT2D eigenvalue weighted by atomic mass is 9.96. The monoisotopic (exact) mass is 241 g/mol. The van der Waals surface area contributed by atoms with Gasteiger partial charge in [0.1, 0.15) is 5.75 Å². The van der Waals surface area contributed by atoms with E-state index in [1.807, 2.05) is 12.1 Å². The maximum Gasteiger partial charge on any atom is 0.141 e. The number of anilines is 1. The molecule has 0 radical (unpaired) electrons. The van der Waals surface area contributed by atoms with Gasteiger partial charge in [-0.15, -0.1) is 0 Å². The SMILES string of the molecule is Cc1cccc(C)c1CCc1cccc(N)c1O. The molecular weight excluding hydrogens is 222 g/mol. The molecule has 0 aromatic heterocycles.